The number of carboxylic acid groups (broad SMARTS) is 1. The first-order chi connectivity index (χ1) is 13.7. The summed E-state index contributed by atoms with van der Waals surface area (Å²) in [6.07, 6.45) is 1.66. The highest BCUT2D eigenvalue weighted by atomic mass is 16.4. The minimum Gasteiger partial charge on any atom is -0.481 e. The molecule has 0 aliphatic carbocycles. The molecular formula is C23H25N3O2. The number of hydrogen-bond donors (Lipinski definition) is 1. The van der Waals surface area contributed by atoms with Crippen LogP contribution in [0.15, 0.2) is 60.7 Å². The summed E-state index contributed by atoms with van der Waals surface area (Å²) >= 11 is 0. The van der Waals surface area contributed by atoms with Gasteiger partial charge in [-0.3, -0.25) is 14.4 Å². The number of carboxylic acids is 1. The normalized spacial score (nSPS) is 14.4. The molecule has 1 N–H and O–H groups in total. The first kappa shape index (κ1) is 18.4. The molecule has 1 aliphatic rings. The van der Waals surface area contributed by atoms with Gasteiger partial charge in [-0.15, -0.1) is 0 Å². The van der Waals surface area contributed by atoms with E-state index in [-0.39, 0.29) is 6.42 Å². The van der Waals surface area contributed by atoms with E-state index in [1.807, 2.05) is 6.07 Å². The lowest BCUT2D eigenvalue weighted by Crippen LogP contribution is -2.23. The van der Waals surface area contributed by atoms with E-state index in [4.69, 9.17) is 5.11 Å². The summed E-state index contributed by atoms with van der Waals surface area (Å²) in [5.74, 6) is -0.776. The lowest BCUT2D eigenvalue weighted by Gasteiger charge is -2.21. The van der Waals surface area contributed by atoms with Crippen LogP contribution in [0.1, 0.15) is 29.8 Å². The van der Waals surface area contributed by atoms with Gasteiger partial charge < -0.3 is 5.11 Å². The summed E-state index contributed by atoms with van der Waals surface area (Å²) in [7, 11) is 0. The van der Waals surface area contributed by atoms with E-state index in [9.17, 15) is 4.79 Å². The Morgan fingerprint density at radius 3 is 2.64 bits per heavy atom. The van der Waals surface area contributed by atoms with Crippen molar-refractivity contribution in [2.24, 2.45) is 0 Å². The first-order valence-electron chi connectivity index (χ1n) is 9.82. The molecule has 0 bridgehead atoms. The van der Waals surface area contributed by atoms with Gasteiger partial charge in [-0.25, -0.2) is 0 Å². The van der Waals surface area contributed by atoms with E-state index in [1.165, 1.54) is 22.4 Å². The maximum Gasteiger partial charge on any atom is 0.303 e. The van der Waals surface area contributed by atoms with Gasteiger partial charge in [-0.2, -0.15) is 5.10 Å². The Bertz CT molecular complexity index is 949. The van der Waals surface area contributed by atoms with Gasteiger partial charge in [0.15, 0.2) is 0 Å². The minimum absolute atomic E-state index is 0.130. The maximum atomic E-state index is 10.8. The van der Waals surface area contributed by atoms with Crippen molar-refractivity contribution in [3.8, 4) is 11.1 Å². The van der Waals surface area contributed by atoms with Crippen LogP contribution in [0.5, 0.6) is 0 Å². The number of hydrogen-bond acceptors (Lipinski definition) is 3. The minimum atomic E-state index is -0.776. The molecule has 5 heteroatoms. The van der Waals surface area contributed by atoms with Gasteiger partial charge in [-0.1, -0.05) is 54.6 Å². The van der Waals surface area contributed by atoms with Gasteiger partial charge in [0.2, 0.25) is 0 Å². The highest BCUT2D eigenvalue weighted by Gasteiger charge is 2.18. The van der Waals surface area contributed by atoms with E-state index < -0.39 is 5.97 Å². The smallest absolute Gasteiger partial charge is 0.303 e. The zero-order chi connectivity index (χ0) is 19.3. The zero-order valence-electron chi connectivity index (χ0n) is 15.9. The highest BCUT2D eigenvalue weighted by molar-refractivity contribution is 5.67. The van der Waals surface area contributed by atoms with Crippen LogP contribution in [0, 0.1) is 0 Å². The second-order valence-electron chi connectivity index (χ2n) is 7.33. The fourth-order valence-corrected chi connectivity index (χ4v) is 3.88. The van der Waals surface area contributed by atoms with Crippen LogP contribution in [0.3, 0.4) is 0 Å². The van der Waals surface area contributed by atoms with Gasteiger partial charge in [0.05, 0.1) is 17.8 Å². The Kier molecular flexibility index (Phi) is 5.53. The van der Waals surface area contributed by atoms with Crippen molar-refractivity contribution < 1.29 is 9.90 Å². The average Bonchev–Trinajstić information content (AvgIpc) is 2.99. The molecule has 0 saturated carbocycles. The van der Waals surface area contributed by atoms with Crippen molar-refractivity contribution in [2.75, 3.05) is 6.54 Å². The van der Waals surface area contributed by atoms with Crippen LogP contribution in [0.2, 0.25) is 0 Å². The van der Waals surface area contributed by atoms with Crippen LogP contribution < -0.4 is 0 Å². The van der Waals surface area contributed by atoms with Gasteiger partial charge in [0.1, 0.15) is 0 Å². The van der Waals surface area contributed by atoms with Crippen molar-refractivity contribution in [3.05, 3.63) is 77.6 Å². The monoisotopic (exact) mass is 375 g/mol. The Morgan fingerprint density at radius 1 is 1.04 bits per heavy atom. The number of aliphatic carboxylic acids is 1. The summed E-state index contributed by atoms with van der Waals surface area (Å²) in [6.45, 7) is 3.64. The quantitative estimate of drug-likeness (QED) is 0.708. The molecule has 0 fully saturated rings. The highest BCUT2D eigenvalue weighted by Crippen LogP contribution is 2.26. The number of aryl methyl sites for hydroxylation is 2. The molecule has 4 rings (SSSR count). The first-order valence-corrected chi connectivity index (χ1v) is 9.82. The van der Waals surface area contributed by atoms with Crippen molar-refractivity contribution in [3.63, 3.8) is 0 Å². The summed E-state index contributed by atoms with van der Waals surface area (Å²) in [5.41, 5.74) is 5.91. The van der Waals surface area contributed by atoms with E-state index in [1.54, 1.807) is 0 Å². The maximum absolute atomic E-state index is 10.8. The zero-order valence-corrected chi connectivity index (χ0v) is 15.9. The van der Waals surface area contributed by atoms with Crippen LogP contribution in [0.4, 0.5) is 0 Å². The van der Waals surface area contributed by atoms with Crippen LogP contribution in [-0.4, -0.2) is 32.3 Å². The third-order valence-electron chi connectivity index (χ3n) is 5.23. The van der Waals surface area contributed by atoms with Gasteiger partial charge in [-0.05, 0) is 29.2 Å². The van der Waals surface area contributed by atoms with Crippen LogP contribution in [0.25, 0.3) is 11.1 Å². The fraction of sp³-hybridized carbons (Fsp3) is 0.304. The number of carbonyl (C=O) groups is 1. The number of rotatable bonds is 6. The number of benzene rings is 2. The lowest BCUT2D eigenvalue weighted by molar-refractivity contribution is -0.136. The SMILES string of the molecule is O=C(O)CCc1cc2n(n1)CCCN(Cc1ccccc1-c1ccccc1)C2. The molecule has 1 aliphatic heterocycles. The molecule has 0 amide bonds. The molecule has 1 aromatic heterocycles. The molecule has 0 atom stereocenters. The second-order valence-corrected chi connectivity index (χ2v) is 7.33. The van der Waals surface area contributed by atoms with Crippen LogP contribution >= 0.6 is 0 Å². The Labute approximate surface area is 165 Å². The molecule has 2 heterocycles. The Hall–Kier alpha value is -2.92. The molecule has 144 valence electrons. The summed E-state index contributed by atoms with van der Waals surface area (Å²) in [5, 5.41) is 13.5. The van der Waals surface area contributed by atoms with Crippen molar-refractivity contribution in [2.45, 2.75) is 38.9 Å². The van der Waals surface area contributed by atoms with E-state index in [2.05, 4.69) is 69.3 Å². The second kappa shape index (κ2) is 8.40. The lowest BCUT2D eigenvalue weighted by atomic mass is 9.99. The number of aromatic nitrogens is 2. The third kappa shape index (κ3) is 4.31. The Morgan fingerprint density at radius 2 is 1.82 bits per heavy atom. The molecule has 0 radical (unpaired) electrons. The third-order valence-corrected chi connectivity index (χ3v) is 5.23. The van der Waals surface area contributed by atoms with E-state index in [0.29, 0.717) is 6.42 Å². The fourth-order valence-electron chi connectivity index (χ4n) is 3.88. The van der Waals surface area contributed by atoms with Crippen molar-refractivity contribution >= 4 is 5.97 Å². The van der Waals surface area contributed by atoms with Gasteiger partial charge in [0.25, 0.3) is 0 Å². The van der Waals surface area contributed by atoms with Crippen molar-refractivity contribution in [1.29, 1.82) is 0 Å². The standard InChI is InChI=1S/C23H25N3O2/c27-23(28)12-11-20-15-21-17-25(13-6-14-26(21)24-20)16-19-9-4-5-10-22(19)18-7-2-1-3-8-18/h1-5,7-10,15H,6,11-14,16-17H2,(H,27,28). The van der Waals surface area contributed by atoms with E-state index >= 15 is 0 Å². The van der Waals surface area contributed by atoms with E-state index in [0.717, 1.165) is 38.3 Å². The molecule has 0 saturated heterocycles. The molecular weight excluding hydrogens is 350 g/mol. The van der Waals surface area contributed by atoms with Crippen LogP contribution in [-0.2, 0) is 30.8 Å². The summed E-state index contributed by atoms with van der Waals surface area (Å²) in [6, 6.07) is 21.2. The van der Waals surface area contributed by atoms with Gasteiger partial charge in [0, 0.05) is 32.6 Å². The largest absolute Gasteiger partial charge is 0.481 e. The molecule has 0 unspecified atom stereocenters. The number of fused-ring (bicyclic) bond motifs is 1. The molecule has 0 spiro atoms. The predicted molar refractivity (Wildman–Crippen MR) is 109 cm³/mol. The topological polar surface area (TPSA) is 58.4 Å². The summed E-state index contributed by atoms with van der Waals surface area (Å²) in [4.78, 5) is 13.3. The molecule has 5 nitrogen and oxygen atoms in total. The average molecular weight is 375 g/mol. The molecule has 28 heavy (non-hydrogen) atoms. The molecule has 3 aromatic rings. The van der Waals surface area contributed by atoms with Gasteiger partial charge >= 0.3 is 5.97 Å². The molecule has 2 aromatic carbocycles. The number of nitrogens with zero attached hydrogens (tertiary/aromatic N) is 3. The predicted octanol–water partition coefficient (Wildman–Crippen LogP) is 3.97. The Balaban J connectivity index is 1.52. The summed E-state index contributed by atoms with van der Waals surface area (Å²) < 4.78 is 2.06. The van der Waals surface area contributed by atoms with Crippen molar-refractivity contribution in [1.82, 2.24) is 14.7 Å².